The molecule has 2 amide bonds. The minimum atomic E-state index is -0.437. The molecule has 0 radical (unpaired) electrons. The molecule has 37 heavy (non-hydrogen) atoms. The molecule has 0 aliphatic rings. The second-order valence-electron chi connectivity index (χ2n) is 8.22. The normalized spacial score (nSPS) is 11.7. The summed E-state index contributed by atoms with van der Waals surface area (Å²) in [4.78, 5) is 29.8. The van der Waals surface area contributed by atoms with Gasteiger partial charge in [-0.2, -0.15) is 0 Å². The summed E-state index contributed by atoms with van der Waals surface area (Å²) in [7, 11) is 3.06. The van der Waals surface area contributed by atoms with Gasteiger partial charge < -0.3 is 29.7 Å². The summed E-state index contributed by atoms with van der Waals surface area (Å²) in [6.45, 7) is 0. The number of unbranched alkanes of at least 4 members (excludes halogenated alkanes) is 2. The van der Waals surface area contributed by atoms with Gasteiger partial charge in [0, 0.05) is 23.6 Å². The lowest BCUT2D eigenvalue weighted by atomic mass is 10.1. The number of hydrogen-bond acceptors (Lipinski definition) is 8. The number of benzene rings is 2. The first-order valence-electron chi connectivity index (χ1n) is 11.6. The van der Waals surface area contributed by atoms with Gasteiger partial charge in [0.15, 0.2) is 11.4 Å². The van der Waals surface area contributed by atoms with E-state index in [0.29, 0.717) is 52.6 Å². The lowest BCUT2D eigenvalue weighted by Gasteiger charge is -1.99. The van der Waals surface area contributed by atoms with Gasteiger partial charge in [-0.15, -0.1) is 20.5 Å². The van der Waals surface area contributed by atoms with E-state index in [1.165, 1.54) is 14.2 Å². The summed E-state index contributed by atoms with van der Waals surface area (Å²) in [5.41, 5.74) is 1.61. The highest BCUT2D eigenvalue weighted by molar-refractivity contribution is 5.96. The Morgan fingerprint density at radius 2 is 1.16 bits per heavy atom. The van der Waals surface area contributed by atoms with Crippen molar-refractivity contribution in [3.63, 3.8) is 0 Å². The van der Waals surface area contributed by atoms with Crippen LogP contribution in [0.15, 0.2) is 56.9 Å². The zero-order valence-corrected chi connectivity index (χ0v) is 20.3. The number of carbonyl (C=O) groups is 2. The maximum Gasteiger partial charge on any atom is 0.264 e. The zero-order valence-electron chi connectivity index (χ0n) is 20.3. The summed E-state index contributed by atoms with van der Waals surface area (Å²) in [5, 5.41) is 36.5. The second-order valence-corrected chi connectivity index (χ2v) is 8.22. The number of hydrogen-bond donors (Lipinski definition) is 4. The van der Waals surface area contributed by atoms with Gasteiger partial charge in [-0.3, -0.25) is 9.59 Å². The lowest BCUT2D eigenvalue weighted by Crippen LogP contribution is -1.94. The van der Waals surface area contributed by atoms with Crippen molar-refractivity contribution in [3.05, 3.63) is 36.4 Å². The van der Waals surface area contributed by atoms with Crippen molar-refractivity contribution in [2.75, 3.05) is 14.2 Å². The Bertz CT molecular complexity index is 1390. The van der Waals surface area contributed by atoms with Gasteiger partial charge in [-0.05, 0) is 49.2 Å². The smallest absolute Gasteiger partial charge is 0.264 e. The standard InChI is InChI=1S/C25H26N6O6/c1-36-14-8-10-18-16(12-14)22(24(34)26-18)30-28-20(32)6-4-3-5-7-21(33)29-31-23-17-13-15(37-2)9-11-19(17)27-25(23)35/h8-13,26-27,34-35H,3-7H2,1-2H3. The number of azo groups is 2. The fourth-order valence-electron chi connectivity index (χ4n) is 3.78. The minimum Gasteiger partial charge on any atom is -0.497 e. The monoisotopic (exact) mass is 506 g/mol. The van der Waals surface area contributed by atoms with Crippen molar-refractivity contribution in [1.29, 1.82) is 0 Å². The Morgan fingerprint density at radius 3 is 1.57 bits per heavy atom. The first-order chi connectivity index (χ1) is 17.9. The number of fused-ring (bicyclic) bond motifs is 2. The molecule has 192 valence electrons. The largest absolute Gasteiger partial charge is 0.497 e. The molecule has 4 aromatic rings. The van der Waals surface area contributed by atoms with Crippen LogP contribution < -0.4 is 9.47 Å². The molecule has 0 spiro atoms. The molecule has 12 nitrogen and oxygen atoms in total. The molecule has 0 aliphatic heterocycles. The number of rotatable bonds is 10. The van der Waals surface area contributed by atoms with Gasteiger partial charge in [0.1, 0.15) is 11.5 Å². The predicted molar refractivity (Wildman–Crippen MR) is 135 cm³/mol. The highest BCUT2D eigenvalue weighted by Crippen LogP contribution is 2.38. The molecule has 0 unspecified atom stereocenters. The Kier molecular flexibility index (Phi) is 7.77. The SMILES string of the molecule is COc1ccc2[nH]c(O)c(N=NC(=O)CCCCCC(=O)N=Nc3c(O)[nH]c4ccc(OC)cc34)c2c1. The molecule has 0 aliphatic carbocycles. The number of aromatic hydroxyl groups is 2. The molecule has 0 saturated carbocycles. The second kappa shape index (κ2) is 11.3. The third-order valence-electron chi connectivity index (χ3n) is 5.72. The number of nitrogens with zero attached hydrogens (tertiary/aromatic N) is 4. The Hall–Kier alpha value is -4.74. The molecule has 0 atom stereocenters. The summed E-state index contributed by atoms with van der Waals surface area (Å²) < 4.78 is 10.4. The fourth-order valence-corrected chi connectivity index (χ4v) is 3.78. The van der Waals surface area contributed by atoms with Gasteiger partial charge in [-0.25, -0.2) is 0 Å². The van der Waals surface area contributed by atoms with Gasteiger partial charge >= 0.3 is 0 Å². The van der Waals surface area contributed by atoms with Crippen molar-refractivity contribution in [1.82, 2.24) is 9.97 Å². The molecule has 2 aromatic heterocycles. The molecule has 2 heterocycles. The van der Waals surface area contributed by atoms with Crippen LogP contribution in [-0.2, 0) is 9.59 Å². The van der Waals surface area contributed by atoms with Crippen molar-refractivity contribution >= 4 is 45.0 Å². The number of aromatic nitrogens is 2. The number of ether oxygens (including phenoxy) is 2. The number of aromatic amines is 2. The van der Waals surface area contributed by atoms with Crippen LogP contribution in [0.2, 0.25) is 0 Å². The highest BCUT2D eigenvalue weighted by Gasteiger charge is 2.13. The van der Waals surface area contributed by atoms with Crippen LogP contribution in [0, 0.1) is 0 Å². The van der Waals surface area contributed by atoms with E-state index in [0.717, 1.165) is 0 Å². The maximum atomic E-state index is 12.1. The number of methoxy groups -OCH3 is 2. The summed E-state index contributed by atoms with van der Waals surface area (Å²) in [6.07, 6.45) is 1.93. The van der Waals surface area contributed by atoms with E-state index in [2.05, 4.69) is 30.4 Å². The van der Waals surface area contributed by atoms with E-state index >= 15 is 0 Å². The van der Waals surface area contributed by atoms with Crippen molar-refractivity contribution in [2.24, 2.45) is 20.5 Å². The quantitative estimate of drug-likeness (QED) is 0.153. The highest BCUT2D eigenvalue weighted by atomic mass is 16.5. The summed E-state index contributed by atoms with van der Waals surface area (Å²) in [5.74, 6) is -0.0791. The van der Waals surface area contributed by atoms with Crippen LogP contribution in [0.3, 0.4) is 0 Å². The zero-order chi connectivity index (χ0) is 26.4. The van der Waals surface area contributed by atoms with Crippen molar-refractivity contribution in [2.45, 2.75) is 32.1 Å². The molecule has 0 bridgehead atoms. The fraction of sp³-hybridized carbons (Fsp3) is 0.280. The van der Waals surface area contributed by atoms with Gasteiger partial charge in [0.2, 0.25) is 11.8 Å². The summed E-state index contributed by atoms with van der Waals surface area (Å²) >= 11 is 0. The first-order valence-corrected chi connectivity index (χ1v) is 11.6. The Balaban J connectivity index is 1.24. The maximum absolute atomic E-state index is 12.1. The number of carbonyl (C=O) groups excluding carboxylic acids is 2. The average molecular weight is 507 g/mol. The molecular weight excluding hydrogens is 480 g/mol. The van der Waals surface area contributed by atoms with Gasteiger partial charge in [0.25, 0.3) is 11.8 Å². The number of nitrogens with one attached hydrogen (secondary N) is 2. The van der Waals surface area contributed by atoms with Crippen LogP contribution >= 0.6 is 0 Å². The van der Waals surface area contributed by atoms with E-state index in [4.69, 9.17) is 9.47 Å². The number of amides is 2. The molecule has 4 rings (SSSR count). The summed E-state index contributed by atoms with van der Waals surface area (Å²) in [6, 6.07) is 10.3. The molecular formula is C25H26N6O6. The molecule has 2 aromatic carbocycles. The van der Waals surface area contributed by atoms with Crippen LogP contribution in [0.1, 0.15) is 32.1 Å². The third-order valence-corrected chi connectivity index (χ3v) is 5.72. The van der Waals surface area contributed by atoms with Gasteiger partial charge in [0.05, 0.1) is 25.3 Å². The first kappa shape index (κ1) is 25.4. The van der Waals surface area contributed by atoms with Crippen LogP contribution in [0.5, 0.6) is 23.3 Å². The molecule has 4 N–H and O–H groups in total. The van der Waals surface area contributed by atoms with Crippen LogP contribution in [-0.4, -0.2) is 46.2 Å². The topological polar surface area (TPSA) is 174 Å². The molecule has 0 fully saturated rings. The van der Waals surface area contributed by atoms with E-state index in [9.17, 15) is 19.8 Å². The average Bonchev–Trinajstić information content (AvgIpc) is 3.39. The third kappa shape index (κ3) is 5.92. The van der Waals surface area contributed by atoms with E-state index < -0.39 is 11.8 Å². The van der Waals surface area contributed by atoms with Crippen LogP contribution in [0.25, 0.3) is 21.8 Å². The van der Waals surface area contributed by atoms with Crippen molar-refractivity contribution in [3.8, 4) is 23.3 Å². The van der Waals surface area contributed by atoms with E-state index in [1.54, 1.807) is 36.4 Å². The molecule has 0 saturated heterocycles. The predicted octanol–water partition coefficient (Wildman–Crippen LogP) is 5.95. The Morgan fingerprint density at radius 1 is 0.730 bits per heavy atom. The lowest BCUT2D eigenvalue weighted by molar-refractivity contribution is -0.118. The van der Waals surface area contributed by atoms with Crippen molar-refractivity contribution < 1.29 is 29.3 Å². The van der Waals surface area contributed by atoms with E-state index in [-0.39, 0.29) is 36.0 Å². The Labute approximate surface area is 211 Å². The van der Waals surface area contributed by atoms with Crippen LogP contribution in [0.4, 0.5) is 11.4 Å². The number of H-pyrrole nitrogens is 2. The molecule has 12 heteroatoms. The van der Waals surface area contributed by atoms with Gasteiger partial charge in [-0.1, -0.05) is 6.42 Å². The minimum absolute atomic E-state index is 0.149. The van der Waals surface area contributed by atoms with E-state index in [1.807, 2.05) is 0 Å².